The van der Waals surface area contributed by atoms with Crippen LogP contribution in [-0.2, 0) is 27.8 Å². The van der Waals surface area contributed by atoms with Crippen molar-refractivity contribution in [2.45, 2.75) is 52.0 Å². The number of rotatable bonds is 9. The molecule has 7 nitrogen and oxygen atoms in total. The van der Waals surface area contributed by atoms with Crippen LogP contribution in [0, 0.1) is 12.8 Å². The lowest BCUT2D eigenvalue weighted by Gasteiger charge is -2.44. The number of oxazole rings is 1. The number of anilines is 1. The highest BCUT2D eigenvalue weighted by Gasteiger charge is 2.52. The molecule has 1 saturated heterocycles. The van der Waals surface area contributed by atoms with E-state index in [2.05, 4.69) is 25.8 Å². The van der Waals surface area contributed by atoms with E-state index < -0.39 is 17.9 Å². The van der Waals surface area contributed by atoms with Crippen LogP contribution < -0.4 is 9.64 Å². The van der Waals surface area contributed by atoms with Crippen molar-refractivity contribution in [3.63, 3.8) is 0 Å². The number of carbonyl (C=O) groups is 2. The Bertz CT molecular complexity index is 1500. The van der Waals surface area contributed by atoms with Crippen LogP contribution in [0.1, 0.15) is 43.4 Å². The summed E-state index contributed by atoms with van der Waals surface area (Å²) in [6, 6.07) is 23.9. The summed E-state index contributed by atoms with van der Waals surface area (Å²) in [5.41, 5.74) is 4.33. The van der Waals surface area contributed by atoms with Gasteiger partial charge in [-0.25, -0.2) is 9.78 Å². The third kappa shape index (κ3) is 5.64. The maximum Gasteiger partial charge on any atom is 0.327 e. The number of nitrogens with zero attached hydrogens (tertiary/aromatic N) is 2. The second kappa shape index (κ2) is 11.0. The Labute approximate surface area is 234 Å². The van der Waals surface area contributed by atoms with Crippen molar-refractivity contribution in [2.24, 2.45) is 5.92 Å². The summed E-state index contributed by atoms with van der Waals surface area (Å²) in [7, 11) is 0. The fourth-order valence-corrected chi connectivity index (χ4v) is 5.09. The minimum absolute atomic E-state index is 0.0295. The lowest BCUT2D eigenvalue weighted by molar-refractivity contribution is -0.149. The highest BCUT2D eigenvalue weighted by molar-refractivity contribution is 6.10. The van der Waals surface area contributed by atoms with Gasteiger partial charge in [-0.3, -0.25) is 9.69 Å². The summed E-state index contributed by atoms with van der Waals surface area (Å²) in [4.78, 5) is 31.3. The molecule has 5 rings (SSSR count). The lowest BCUT2D eigenvalue weighted by atomic mass is 9.81. The number of benzene rings is 3. The zero-order valence-electron chi connectivity index (χ0n) is 23.3. The number of hydrogen-bond donors (Lipinski definition) is 1. The molecular weight excluding hydrogens is 504 g/mol. The standard InChI is InChI=1S/C33H34N2O5/c1-21-28(34-30(40-21)23-10-6-5-7-11-23)17-18-39-26-12-8-9-22(19-26)20-27-29(32(37)38)35(31(27)36)25-15-13-24(14-16-25)33(2,3)4/h5-16,19,27,29H,17-18,20H2,1-4H3,(H,37,38)/t27-,29+/m0/s1. The van der Waals surface area contributed by atoms with Gasteiger partial charge in [-0.15, -0.1) is 0 Å². The molecule has 0 saturated carbocycles. The fourth-order valence-electron chi connectivity index (χ4n) is 5.09. The molecule has 0 aliphatic carbocycles. The molecular formula is C33H34N2O5. The molecule has 7 heteroatoms. The number of carboxylic acids is 1. The van der Waals surface area contributed by atoms with Gasteiger partial charge in [-0.05, 0) is 66.3 Å². The number of ether oxygens (including phenoxy) is 1. The van der Waals surface area contributed by atoms with Crippen LogP contribution in [0.15, 0.2) is 83.3 Å². The van der Waals surface area contributed by atoms with E-state index in [9.17, 15) is 14.7 Å². The van der Waals surface area contributed by atoms with Gasteiger partial charge in [0.05, 0.1) is 18.2 Å². The Kier molecular flexibility index (Phi) is 7.48. The van der Waals surface area contributed by atoms with E-state index in [1.54, 1.807) is 0 Å². The van der Waals surface area contributed by atoms with Gasteiger partial charge in [-0.1, -0.05) is 63.2 Å². The summed E-state index contributed by atoms with van der Waals surface area (Å²) in [6.07, 6.45) is 0.907. The van der Waals surface area contributed by atoms with E-state index in [4.69, 9.17) is 9.15 Å². The number of amides is 1. The number of β-lactam (4-membered cyclic amide) rings is 1. The number of hydrogen-bond acceptors (Lipinski definition) is 5. The molecule has 4 aromatic rings. The molecule has 1 aliphatic rings. The van der Waals surface area contributed by atoms with Crippen molar-refractivity contribution >= 4 is 17.6 Å². The van der Waals surface area contributed by atoms with Gasteiger partial charge in [0.1, 0.15) is 17.6 Å². The van der Waals surface area contributed by atoms with Crippen LogP contribution in [0.2, 0.25) is 0 Å². The van der Waals surface area contributed by atoms with Crippen LogP contribution >= 0.6 is 0 Å². The second-order valence-corrected chi connectivity index (χ2v) is 11.2. The SMILES string of the molecule is Cc1oc(-c2ccccc2)nc1CCOc1cccc(C[C@@H]2C(=O)N(c3ccc(C(C)(C)C)cc3)[C@H]2C(=O)O)c1. The van der Waals surface area contributed by atoms with Crippen molar-refractivity contribution in [2.75, 3.05) is 11.5 Å². The molecule has 40 heavy (non-hydrogen) atoms. The Morgan fingerprint density at radius 2 is 1.75 bits per heavy atom. The van der Waals surface area contributed by atoms with Crippen LogP contribution in [0.25, 0.3) is 11.5 Å². The van der Waals surface area contributed by atoms with Gasteiger partial charge < -0.3 is 14.3 Å². The van der Waals surface area contributed by atoms with E-state index in [1.165, 1.54) is 4.90 Å². The first kappa shape index (κ1) is 27.2. The Morgan fingerprint density at radius 3 is 2.42 bits per heavy atom. The third-order valence-electron chi connectivity index (χ3n) is 7.35. The molecule has 1 amide bonds. The summed E-state index contributed by atoms with van der Waals surface area (Å²) < 4.78 is 11.8. The van der Waals surface area contributed by atoms with Crippen LogP contribution in [-0.4, -0.2) is 34.6 Å². The second-order valence-electron chi connectivity index (χ2n) is 11.2. The van der Waals surface area contributed by atoms with Crippen molar-refractivity contribution in [3.8, 4) is 17.2 Å². The molecule has 0 spiro atoms. The fraction of sp³-hybridized carbons (Fsp3) is 0.303. The number of aliphatic carboxylic acids is 1. The van der Waals surface area contributed by atoms with E-state index in [-0.39, 0.29) is 11.3 Å². The van der Waals surface area contributed by atoms with Crippen molar-refractivity contribution in [3.05, 3.63) is 101 Å². The first-order valence-corrected chi connectivity index (χ1v) is 13.5. The summed E-state index contributed by atoms with van der Waals surface area (Å²) in [5.74, 6) is 0.191. The minimum atomic E-state index is -1.00. The first-order valence-electron chi connectivity index (χ1n) is 13.5. The Balaban J connectivity index is 1.21. The molecule has 0 bridgehead atoms. The molecule has 1 fully saturated rings. The number of aryl methyl sites for hydroxylation is 1. The number of carboxylic acid groups (broad SMARTS) is 1. The van der Waals surface area contributed by atoms with E-state index in [0.717, 1.165) is 28.1 Å². The number of carbonyl (C=O) groups excluding carboxylic acids is 1. The van der Waals surface area contributed by atoms with E-state index in [1.807, 2.05) is 85.8 Å². The van der Waals surface area contributed by atoms with Gasteiger partial charge in [0.2, 0.25) is 11.8 Å². The van der Waals surface area contributed by atoms with E-state index >= 15 is 0 Å². The van der Waals surface area contributed by atoms with Crippen molar-refractivity contribution < 1.29 is 23.8 Å². The highest BCUT2D eigenvalue weighted by atomic mass is 16.5. The maximum absolute atomic E-state index is 13.1. The van der Waals surface area contributed by atoms with Crippen LogP contribution in [0.5, 0.6) is 5.75 Å². The average molecular weight is 539 g/mol. The summed E-state index contributed by atoms with van der Waals surface area (Å²) >= 11 is 0. The topological polar surface area (TPSA) is 92.9 Å². The highest BCUT2D eigenvalue weighted by Crippen LogP contribution is 2.36. The van der Waals surface area contributed by atoms with Gasteiger partial charge in [-0.2, -0.15) is 0 Å². The monoisotopic (exact) mass is 538 g/mol. The lowest BCUT2D eigenvalue weighted by Crippen LogP contribution is -2.65. The molecule has 206 valence electrons. The molecule has 1 N–H and O–H groups in total. The molecule has 1 aromatic heterocycles. The molecule has 1 aliphatic heterocycles. The van der Waals surface area contributed by atoms with Crippen LogP contribution in [0.3, 0.4) is 0 Å². The van der Waals surface area contributed by atoms with Gasteiger partial charge in [0.25, 0.3) is 0 Å². The average Bonchev–Trinajstić information content (AvgIpc) is 3.30. The van der Waals surface area contributed by atoms with Crippen LogP contribution in [0.4, 0.5) is 5.69 Å². The molecule has 3 aromatic carbocycles. The normalized spacial score (nSPS) is 17.0. The van der Waals surface area contributed by atoms with Gasteiger partial charge in [0.15, 0.2) is 0 Å². The minimum Gasteiger partial charge on any atom is -0.493 e. The van der Waals surface area contributed by atoms with Gasteiger partial charge >= 0.3 is 5.97 Å². The smallest absolute Gasteiger partial charge is 0.327 e. The van der Waals surface area contributed by atoms with Gasteiger partial charge in [0, 0.05) is 17.7 Å². The predicted molar refractivity (Wildman–Crippen MR) is 154 cm³/mol. The largest absolute Gasteiger partial charge is 0.493 e. The quantitative estimate of drug-likeness (QED) is 0.254. The molecule has 0 radical (unpaired) electrons. The Morgan fingerprint density at radius 1 is 1.02 bits per heavy atom. The zero-order valence-corrected chi connectivity index (χ0v) is 23.3. The first-order chi connectivity index (χ1) is 19.1. The molecule has 2 heterocycles. The zero-order chi connectivity index (χ0) is 28.4. The van der Waals surface area contributed by atoms with Crippen molar-refractivity contribution in [1.29, 1.82) is 0 Å². The maximum atomic E-state index is 13.1. The Hall–Kier alpha value is -4.39. The van der Waals surface area contributed by atoms with Crippen molar-refractivity contribution in [1.82, 2.24) is 4.98 Å². The van der Waals surface area contributed by atoms with E-state index in [0.29, 0.717) is 36.8 Å². The summed E-state index contributed by atoms with van der Waals surface area (Å²) in [5, 5.41) is 9.96. The third-order valence-corrected chi connectivity index (χ3v) is 7.35. The predicted octanol–water partition coefficient (Wildman–Crippen LogP) is 6.23. The molecule has 0 unspecified atom stereocenters. The molecule has 2 atom stereocenters. The summed E-state index contributed by atoms with van der Waals surface area (Å²) in [6.45, 7) is 8.64. The number of aromatic nitrogens is 1.